The molecule has 0 saturated carbocycles. The molecule has 0 radical (unpaired) electrons. The van der Waals surface area contributed by atoms with E-state index in [9.17, 15) is 18.0 Å². The van der Waals surface area contributed by atoms with Gasteiger partial charge < -0.3 is 10.0 Å². The van der Waals surface area contributed by atoms with Gasteiger partial charge >= 0.3 is 6.18 Å². The Kier molecular flexibility index (Phi) is 4.18. The summed E-state index contributed by atoms with van der Waals surface area (Å²) in [6, 6.07) is -0.319. The number of carbonyl (C=O) groups excluding carboxylic acids is 1. The first kappa shape index (κ1) is 13.3. The van der Waals surface area contributed by atoms with Gasteiger partial charge in [-0.05, 0) is 12.3 Å². The minimum absolute atomic E-state index is 0.153. The number of hydrogen-bond acceptors (Lipinski definition) is 2. The second-order valence-corrected chi connectivity index (χ2v) is 4.22. The number of amides is 1. The van der Waals surface area contributed by atoms with Gasteiger partial charge in [0.2, 0.25) is 5.91 Å². The van der Waals surface area contributed by atoms with Crippen LogP contribution in [0.4, 0.5) is 13.2 Å². The lowest BCUT2D eigenvalue weighted by Crippen LogP contribution is -2.40. The lowest BCUT2D eigenvalue weighted by Gasteiger charge is -2.25. The fraction of sp³-hybridized carbons (Fsp3) is 0.900. The zero-order chi connectivity index (χ0) is 12.3. The molecule has 3 nitrogen and oxygen atoms in total. The summed E-state index contributed by atoms with van der Waals surface area (Å²) >= 11 is 0. The van der Waals surface area contributed by atoms with Crippen LogP contribution >= 0.6 is 0 Å². The van der Waals surface area contributed by atoms with Crippen molar-refractivity contribution in [3.63, 3.8) is 0 Å². The van der Waals surface area contributed by atoms with Gasteiger partial charge in [-0.1, -0.05) is 6.92 Å². The molecule has 1 heterocycles. The quantitative estimate of drug-likeness (QED) is 0.812. The van der Waals surface area contributed by atoms with Gasteiger partial charge in [-0.15, -0.1) is 0 Å². The number of hydrogen-bond donors (Lipinski definition) is 1. The highest BCUT2D eigenvalue weighted by Crippen LogP contribution is 2.27. The minimum Gasteiger partial charge on any atom is -0.394 e. The molecule has 0 bridgehead atoms. The number of nitrogens with zero attached hydrogens (tertiary/aromatic N) is 1. The molecule has 0 aromatic rings. The Morgan fingerprint density at radius 1 is 1.50 bits per heavy atom. The number of aliphatic hydroxyl groups is 1. The SMILES string of the molecule is CC1CCN(C(=O)CCC(F)(F)F)C1CO. The number of alkyl halides is 3. The topological polar surface area (TPSA) is 40.5 Å². The molecule has 1 fully saturated rings. The molecule has 16 heavy (non-hydrogen) atoms. The van der Waals surface area contributed by atoms with Crippen LogP contribution in [0.25, 0.3) is 0 Å². The van der Waals surface area contributed by atoms with E-state index in [1.807, 2.05) is 6.92 Å². The summed E-state index contributed by atoms with van der Waals surface area (Å²) in [7, 11) is 0. The van der Waals surface area contributed by atoms with Crippen molar-refractivity contribution < 1.29 is 23.1 Å². The van der Waals surface area contributed by atoms with Crippen molar-refractivity contribution in [2.24, 2.45) is 5.92 Å². The van der Waals surface area contributed by atoms with E-state index < -0.39 is 24.9 Å². The second kappa shape index (κ2) is 5.03. The van der Waals surface area contributed by atoms with Crippen molar-refractivity contribution in [1.82, 2.24) is 4.90 Å². The third kappa shape index (κ3) is 3.37. The van der Waals surface area contributed by atoms with Gasteiger partial charge in [0.25, 0.3) is 0 Å². The van der Waals surface area contributed by atoms with Gasteiger partial charge in [0.1, 0.15) is 0 Å². The molecule has 1 aliphatic heterocycles. The summed E-state index contributed by atoms with van der Waals surface area (Å²) in [6.07, 6.45) is -5.17. The predicted octanol–water partition coefficient (Wildman–Crippen LogP) is 1.56. The molecule has 0 aromatic carbocycles. The number of carbonyl (C=O) groups is 1. The first-order chi connectivity index (χ1) is 7.35. The van der Waals surface area contributed by atoms with Crippen LogP contribution in [0.1, 0.15) is 26.2 Å². The van der Waals surface area contributed by atoms with Crippen LogP contribution in [0.15, 0.2) is 0 Å². The number of likely N-dealkylation sites (tertiary alicyclic amines) is 1. The van der Waals surface area contributed by atoms with Crippen molar-refractivity contribution in [3.8, 4) is 0 Å². The van der Waals surface area contributed by atoms with Crippen LogP contribution in [-0.4, -0.2) is 41.3 Å². The van der Waals surface area contributed by atoms with Gasteiger partial charge in [-0.2, -0.15) is 13.2 Å². The summed E-state index contributed by atoms with van der Waals surface area (Å²) in [5, 5.41) is 9.07. The molecule has 94 valence electrons. The van der Waals surface area contributed by atoms with Crippen molar-refractivity contribution in [3.05, 3.63) is 0 Å². The smallest absolute Gasteiger partial charge is 0.389 e. The van der Waals surface area contributed by atoms with Gasteiger partial charge in [-0.25, -0.2) is 0 Å². The maximum absolute atomic E-state index is 11.9. The molecule has 2 atom stereocenters. The summed E-state index contributed by atoms with van der Waals surface area (Å²) < 4.78 is 35.8. The first-order valence-corrected chi connectivity index (χ1v) is 5.32. The fourth-order valence-electron chi connectivity index (χ4n) is 1.99. The minimum atomic E-state index is -4.30. The van der Waals surface area contributed by atoms with E-state index in [0.29, 0.717) is 6.54 Å². The molecular weight excluding hydrogens is 223 g/mol. The number of halogens is 3. The summed E-state index contributed by atoms with van der Waals surface area (Å²) in [5.41, 5.74) is 0. The van der Waals surface area contributed by atoms with Crippen LogP contribution in [0.2, 0.25) is 0 Å². The van der Waals surface area contributed by atoms with E-state index >= 15 is 0 Å². The molecule has 6 heteroatoms. The van der Waals surface area contributed by atoms with Crippen molar-refractivity contribution in [1.29, 1.82) is 0 Å². The normalized spacial score (nSPS) is 26.2. The molecule has 2 unspecified atom stereocenters. The molecule has 1 saturated heterocycles. The Labute approximate surface area is 92.2 Å². The maximum atomic E-state index is 11.9. The zero-order valence-corrected chi connectivity index (χ0v) is 9.13. The molecule has 0 aromatic heterocycles. The Hall–Kier alpha value is -0.780. The van der Waals surface area contributed by atoms with E-state index in [1.165, 1.54) is 4.90 Å². The van der Waals surface area contributed by atoms with Crippen LogP contribution in [0.5, 0.6) is 0 Å². The lowest BCUT2D eigenvalue weighted by molar-refractivity contribution is -0.150. The van der Waals surface area contributed by atoms with E-state index in [0.717, 1.165) is 6.42 Å². The largest absolute Gasteiger partial charge is 0.394 e. The van der Waals surface area contributed by atoms with Gasteiger partial charge in [0.05, 0.1) is 19.1 Å². The summed E-state index contributed by atoms with van der Waals surface area (Å²) in [6.45, 7) is 2.15. The van der Waals surface area contributed by atoms with Crippen LogP contribution in [0.3, 0.4) is 0 Å². The van der Waals surface area contributed by atoms with Gasteiger partial charge in [0.15, 0.2) is 0 Å². The van der Waals surface area contributed by atoms with Crippen LogP contribution in [0, 0.1) is 5.92 Å². The van der Waals surface area contributed by atoms with Crippen molar-refractivity contribution >= 4 is 5.91 Å². The van der Waals surface area contributed by atoms with Crippen LogP contribution in [-0.2, 0) is 4.79 Å². The van der Waals surface area contributed by atoms with Gasteiger partial charge in [0, 0.05) is 13.0 Å². The third-order valence-electron chi connectivity index (χ3n) is 3.01. The summed E-state index contributed by atoms with van der Waals surface area (Å²) in [4.78, 5) is 12.9. The van der Waals surface area contributed by atoms with E-state index in [-0.39, 0.29) is 18.6 Å². The summed E-state index contributed by atoms with van der Waals surface area (Å²) in [5.74, 6) is -0.361. The molecule has 1 amide bonds. The molecule has 1 aliphatic rings. The third-order valence-corrected chi connectivity index (χ3v) is 3.01. The highest BCUT2D eigenvalue weighted by atomic mass is 19.4. The lowest BCUT2D eigenvalue weighted by atomic mass is 10.0. The Morgan fingerprint density at radius 3 is 2.62 bits per heavy atom. The number of aliphatic hydroxyl groups excluding tert-OH is 1. The zero-order valence-electron chi connectivity index (χ0n) is 9.13. The van der Waals surface area contributed by atoms with Crippen molar-refractivity contribution in [2.75, 3.05) is 13.2 Å². The molecule has 0 spiro atoms. The highest BCUT2D eigenvalue weighted by Gasteiger charge is 2.35. The Morgan fingerprint density at radius 2 is 2.12 bits per heavy atom. The van der Waals surface area contributed by atoms with E-state index in [4.69, 9.17) is 5.11 Å². The van der Waals surface area contributed by atoms with Gasteiger partial charge in [-0.3, -0.25) is 4.79 Å². The first-order valence-electron chi connectivity index (χ1n) is 5.32. The van der Waals surface area contributed by atoms with Crippen LogP contribution < -0.4 is 0 Å². The fourth-order valence-corrected chi connectivity index (χ4v) is 1.99. The Bertz CT molecular complexity index is 255. The maximum Gasteiger partial charge on any atom is 0.389 e. The monoisotopic (exact) mass is 239 g/mol. The average Bonchev–Trinajstić information content (AvgIpc) is 2.54. The highest BCUT2D eigenvalue weighted by molar-refractivity contribution is 5.76. The molecule has 1 rings (SSSR count). The Balaban J connectivity index is 2.48. The predicted molar refractivity (Wildman–Crippen MR) is 51.7 cm³/mol. The van der Waals surface area contributed by atoms with E-state index in [1.54, 1.807) is 0 Å². The number of rotatable bonds is 3. The molecule has 0 aliphatic carbocycles. The average molecular weight is 239 g/mol. The standard InChI is InChI=1S/C10H16F3NO2/c1-7-3-5-14(8(7)6-15)9(16)2-4-10(11,12)13/h7-8,15H,2-6H2,1H3. The molecular formula is C10H16F3NO2. The second-order valence-electron chi connectivity index (χ2n) is 4.22. The van der Waals surface area contributed by atoms with Crippen molar-refractivity contribution in [2.45, 2.75) is 38.4 Å². The van der Waals surface area contributed by atoms with E-state index in [2.05, 4.69) is 0 Å². The molecule has 1 N–H and O–H groups in total.